The largest absolute Gasteiger partial charge is 0.465 e. The molecule has 0 bridgehead atoms. The first-order valence-corrected chi connectivity index (χ1v) is 8.22. The van der Waals surface area contributed by atoms with E-state index in [9.17, 15) is 4.79 Å². The fourth-order valence-electron chi connectivity index (χ4n) is 2.12. The lowest BCUT2D eigenvalue weighted by Gasteiger charge is -2.11. The number of rotatable bonds is 8. The molecule has 0 unspecified atom stereocenters. The van der Waals surface area contributed by atoms with Gasteiger partial charge in [0.2, 0.25) is 0 Å². The van der Waals surface area contributed by atoms with E-state index in [2.05, 4.69) is 27.5 Å². The first-order valence-electron chi connectivity index (χ1n) is 7.85. The highest BCUT2D eigenvalue weighted by Gasteiger charge is 2.10. The lowest BCUT2D eigenvalue weighted by atomic mass is 10.2. The minimum Gasteiger partial charge on any atom is -0.465 e. The van der Waals surface area contributed by atoms with Crippen LogP contribution in [-0.2, 0) is 4.74 Å². The van der Waals surface area contributed by atoms with Crippen LogP contribution < -0.4 is 10.6 Å². The molecule has 128 valence electrons. The lowest BCUT2D eigenvalue weighted by Crippen LogP contribution is -2.05. The van der Waals surface area contributed by atoms with Crippen molar-refractivity contribution in [2.45, 2.75) is 26.2 Å². The van der Waals surface area contributed by atoms with E-state index in [0.717, 1.165) is 18.8 Å². The molecule has 0 spiro atoms. The number of anilines is 3. The Hall–Kier alpha value is -2.34. The van der Waals surface area contributed by atoms with Crippen molar-refractivity contribution in [3.05, 3.63) is 41.2 Å². The molecule has 0 aliphatic rings. The van der Waals surface area contributed by atoms with Gasteiger partial charge in [0.1, 0.15) is 18.0 Å². The molecule has 24 heavy (non-hydrogen) atoms. The maximum absolute atomic E-state index is 11.6. The van der Waals surface area contributed by atoms with E-state index in [1.54, 1.807) is 24.3 Å². The first kappa shape index (κ1) is 18.0. The molecule has 2 aromatic rings. The third-order valence-electron chi connectivity index (χ3n) is 3.40. The molecule has 2 rings (SSSR count). The van der Waals surface area contributed by atoms with Gasteiger partial charge in [-0.3, -0.25) is 0 Å². The summed E-state index contributed by atoms with van der Waals surface area (Å²) in [6, 6.07) is 6.68. The average molecular weight is 349 g/mol. The number of unbranched alkanes of at least 4 members (excludes halogenated alkanes) is 2. The molecule has 6 nitrogen and oxygen atoms in total. The predicted octanol–water partition coefficient (Wildman–Crippen LogP) is 4.26. The minimum atomic E-state index is -0.421. The molecule has 0 saturated carbocycles. The highest BCUT2D eigenvalue weighted by atomic mass is 35.5. The van der Waals surface area contributed by atoms with Gasteiger partial charge in [-0.05, 0) is 24.6 Å². The van der Waals surface area contributed by atoms with Gasteiger partial charge in [0.05, 0.1) is 23.4 Å². The normalized spacial score (nSPS) is 10.3. The molecule has 0 aliphatic carbocycles. The maximum atomic E-state index is 11.6. The van der Waals surface area contributed by atoms with Gasteiger partial charge in [-0.15, -0.1) is 0 Å². The van der Waals surface area contributed by atoms with Crippen LogP contribution in [0.5, 0.6) is 0 Å². The summed E-state index contributed by atoms with van der Waals surface area (Å²) in [4.78, 5) is 20.0. The second-order valence-electron chi connectivity index (χ2n) is 5.23. The maximum Gasteiger partial charge on any atom is 0.337 e. The Morgan fingerprint density at radius 3 is 2.75 bits per heavy atom. The third-order valence-corrected chi connectivity index (χ3v) is 3.73. The van der Waals surface area contributed by atoms with E-state index in [1.807, 2.05) is 0 Å². The molecule has 2 N–H and O–H groups in total. The molecule has 1 aromatic carbocycles. The van der Waals surface area contributed by atoms with E-state index in [-0.39, 0.29) is 0 Å². The number of carbonyl (C=O) groups is 1. The highest BCUT2D eigenvalue weighted by molar-refractivity contribution is 6.33. The Balaban J connectivity index is 2.09. The van der Waals surface area contributed by atoms with Crippen molar-refractivity contribution in [2.24, 2.45) is 0 Å². The summed E-state index contributed by atoms with van der Waals surface area (Å²) in [6.45, 7) is 3.03. The summed E-state index contributed by atoms with van der Waals surface area (Å²) >= 11 is 6.18. The number of aromatic nitrogens is 2. The SMILES string of the molecule is CCCCCNc1cc(Nc2cc(C(=O)OC)ccc2Cl)ncn1. The number of carbonyl (C=O) groups excluding carboxylic acids is 1. The van der Waals surface area contributed by atoms with Crippen LogP contribution in [-0.4, -0.2) is 29.6 Å². The second-order valence-corrected chi connectivity index (χ2v) is 5.64. The van der Waals surface area contributed by atoms with Crippen LogP contribution in [0, 0.1) is 0 Å². The van der Waals surface area contributed by atoms with Gasteiger partial charge in [-0.25, -0.2) is 14.8 Å². The Morgan fingerprint density at radius 2 is 2.00 bits per heavy atom. The van der Waals surface area contributed by atoms with Gasteiger partial charge in [-0.1, -0.05) is 31.4 Å². The van der Waals surface area contributed by atoms with Crippen LogP contribution in [0.25, 0.3) is 0 Å². The van der Waals surface area contributed by atoms with E-state index in [1.165, 1.54) is 26.3 Å². The van der Waals surface area contributed by atoms with Crippen molar-refractivity contribution in [1.82, 2.24) is 9.97 Å². The van der Waals surface area contributed by atoms with Crippen molar-refractivity contribution in [3.63, 3.8) is 0 Å². The van der Waals surface area contributed by atoms with Crippen molar-refractivity contribution in [2.75, 3.05) is 24.3 Å². The standard InChI is InChI=1S/C17H21ClN4O2/c1-3-4-5-8-19-15-10-16(21-11-20-15)22-14-9-12(17(23)24-2)6-7-13(14)18/h6-7,9-11H,3-5,8H2,1-2H3,(H2,19,20,21,22). The number of benzene rings is 1. The van der Waals surface area contributed by atoms with Crippen LogP contribution in [0.15, 0.2) is 30.6 Å². The van der Waals surface area contributed by atoms with Crippen LogP contribution in [0.3, 0.4) is 0 Å². The molecule has 1 aromatic heterocycles. The fraction of sp³-hybridized carbons (Fsp3) is 0.353. The fourth-order valence-corrected chi connectivity index (χ4v) is 2.28. The molecule has 0 fully saturated rings. The van der Waals surface area contributed by atoms with E-state index >= 15 is 0 Å². The topological polar surface area (TPSA) is 76.1 Å². The van der Waals surface area contributed by atoms with Crippen molar-refractivity contribution in [1.29, 1.82) is 0 Å². The van der Waals surface area contributed by atoms with Crippen LogP contribution in [0.1, 0.15) is 36.5 Å². The van der Waals surface area contributed by atoms with Crippen molar-refractivity contribution in [3.8, 4) is 0 Å². The number of nitrogens with zero attached hydrogens (tertiary/aromatic N) is 2. The number of esters is 1. The van der Waals surface area contributed by atoms with E-state index in [0.29, 0.717) is 22.1 Å². The van der Waals surface area contributed by atoms with Gasteiger partial charge in [-0.2, -0.15) is 0 Å². The quantitative estimate of drug-likeness (QED) is 0.548. The average Bonchev–Trinajstić information content (AvgIpc) is 2.60. The molecular weight excluding hydrogens is 328 g/mol. The zero-order valence-corrected chi connectivity index (χ0v) is 14.6. The number of nitrogens with one attached hydrogen (secondary N) is 2. The smallest absolute Gasteiger partial charge is 0.337 e. The van der Waals surface area contributed by atoms with Crippen molar-refractivity contribution < 1.29 is 9.53 Å². The summed E-state index contributed by atoms with van der Waals surface area (Å²) in [5, 5.41) is 6.85. The molecule has 0 saturated heterocycles. The van der Waals surface area contributed by atoms with Gasteiger partial charge in [0.15, 0.2) is 0 Å². The zero-order chi connectivity index (χ0) is 17.4. The summed E-state index contributed by atoms with van der Waals surface area (Å²) in [6.07, 6.45) is 4.92. The molecule has 0 atom stereocenters. The number of methoxy groups -OCH3 is 1. The summed E-state index contributed by atoms with van der Waals surface area (Å²) in [7, 11) is 1.34. The van der Waals surface area contributed by atoms with Gasteiger partial charge >= 0.3 is 5.97 Å². The van der Waals surface area contributed by atoms with Gasteiger partial charge < -0.3 is 15.4 Å². The monoisotopic (exact) mass is 348 g/mol. The predicted molar refractivity (Wildman–Crippen MR) is 96.1 cm³/mol. The first-order chi connectivity index (χ1) is 11.6. The molecule has 7 heteroatoms. The number of hydrogen-bond donors (Lipinski definition) is 2. The third kappa shape index (κ3) is 5.09. The van der Waals surface area contributed by atoms with Crippen LogP contribution in [0.2, 0.25) is 5.02 Å². The number of halogens is 1. The summed E-state index contributed by atoms with van der Waals surface area (Å²) in [5.74, 6) is 0.909. The van der Waals surface area contributed by atoms with E-state index in [4.69, 9.17) is 16.3 Å². The van der Waals surface area contributed by atoms with Gasteiger partial charge in [0.25, 0.3) is 0 Å². The minimum absolute atomic E-state index is 0.413. The van der Waals surface area contributed by atoms with Crippen LogP contribution in [0.4, 0.5) is 17.3 Å². The Labute approximate surface area is 146 Å². The molecule has 1 heterocycles. The molecule has 0 radical (unpaired) electrons. The Kier molecular flexibility index (Phi) is 6.81. The lowest BCUT2D eigenvalue weighted by molar-refractivity contribution is 0.0601. The molecule has 0 amide bonds. The second kappa shape index (κ2) is 9.08. The highest BCUT2D eigenvalue weighted by Crippen LogP contribution is 2.26. The zero-order valence-electron chi connectivity index (χ0n) is 13.8. The van der Waals surface area contributed by atoms with Gasteiger partial charge in [0, 0.05) is 12.6 Å². The van der Waals surface area contributed by atoms with E-state index < -0.39 is 5.97 Å². The Morgan fingerprint density at radius 1 is 1.21 bits per heavy atom. The number of hydrogen-bond acceptors (Lipinski definition) is 6. The Bertz CT molecular complexity index is 694. The molecular formula is C17H21ClN4O2. The van der Waals surface area contributed by atoms with Crippen LogP contribution >= 0.6 is 11.6 Å². The molecule has 0 aliphatic heterocycles. The summed E-state index contributed by atoms with van der Waals surface area (Å²) < 4.78 is 4.72. The summed E-state index contributed by atoms with van der Waals surface area (Å²) in [5.41, 5.74) is 0.992. The number of ether oxygens (including phenoxy) is 1. The van der Waals surface area contributed by atoms with Crippen molar-refractivity contribution >= 4 is 34.9 Å².